The van der Waals surface area contributed by atoms with Crippen molar-refractivity contribution in [1.29, 1.82) is 10.5 Å². The van der Waals surface area contributed by atoms with Gasteiger partial charge in [0.1, 0.15) is 10.8 Å². The number of benzene rings is 3. The number of nitrogens with zero attached hydrogens (tertiary/aromatic N) is 2. The van der Waals surface area contributed by atoms with Gasteiger partial charge in [-0.05, 0) is 61.9 Å². The molecule has 5 aromatic rings. The Morgan fingerprint density at radius 2 is 0.854 bits per heavy atom. The van der Waals surface area contributed by atoms with Crippen LogP contribution in [-0.4, -0.2) is 0 Å². The number of nitriles is 2. The van der Waals surface area contributed by atoms with Gasteiger partial charge in [0.25, 0.3) is 0 Å². The molecule has 0 saturated heterocycles. The van der Waals surface area contributed by atoms with E-state index in [1.807, 2.05) is 84.9 Å². The van der Waals surface area contributed by atoms with Crippen molar-refractivity contribution >= 4 is 15.9 Å². The smallest absolute Gasteiger partial charge is 0.192 e. The molecule has 5 aromatic carbocycles. The Balaban J connectivity index is 0.000000500. The minimum atomic E-state index is -1.43. The number of hydrogen-bond donors (Lipinski definition) is 0. The number of rotatable bonds is 2. The maximum absolute atomic E-state index is 13.3. The molecular formula is C36H23BrN2O2. The molecule has 0 bridgehead atoms. The highest BCUT2D eigenvalue weighted by atomic mass is 79.9. The molecule has 0 heterocycles. The highest BCUT2D eigenvalue weighted by Crippen LogP contribution is 2.54. The molecule has 0 fully saturated rings. The van der Waals surface area contributed by atoms with Gasteiger partial charge in [0.2, 0.25) is 0 Å². The van der Waals surface area contributed by atoms with Crippen LogP contribution in [0, 0.1) is 22.7 Å². The van der Waals surface area contributed by atoms with Gasteiger partial charge in [-0.3, -0.25) is 9.59 Å². The maximum Gasteiger partial charge on any atom is 0.192 e. The summed E-state index contributed by atoms with van der Waals surface area (Å²) in [4.78, 5) is 25.6. The normalized spacial score (nSPS) is 18.2. The van der Waals surface area contributed by atoms with Crippen LogP contribution in [0.1, 0.15) is 33.4 Å². The van der Waals surface area contributed by atoms with E-state index in [2.05, 4.69) is 28.1 Å². The van der Waals surface area contributed by atoms with Crippen molar-refractivity contribution in [3.05, 3.63) is 198 Å². The lowest BCUT2D eigenvalue weighted by Crippen LogP contribution is -2.44. The lowest BCUT2D eigenvalue weighted by Gasteiger charge is -2.43. The molecule has 5 heteroatoms. The highest BCUT2D eigenvalue weighted by molar-refractivity contribution is 9.10. The van der Waals surface area contributed by atoms with E-state index >= 15 is 0 Å². The summed E-state index contributed by atoms with van der Waals surface area (Å²) >= 11 is 3.35. The van der Waals surface area contributed by atoms with Crippen molar-refractivity contribution < 1.29 is 0 Å². The Bertz CT molecular complexity index is 1870. The fourth-order valence-corrected chi connectivity index (χ4v) is 5.94. The van der Waals surface area contributed by atoms with Crippen LogP contribution in [0.4, 0.5) is 0 Å². The molecule has 4 nitrogen and oxygen atoms in total. The van der Waals surface area contributed by atoms with Crippen LogP contribution in [0.2, 0.25) is 0 Å². The minimum Gasteiger partial charge on any atom is -0.290 e. The third-order valence-electron chi connectivity index (χ3n) is 7.35. The molecule has 196 valence electrons. The van der Waals surface area contributed by atoms with Gasteiger partial charge in [-0.1, -0.05) is 121 Å². The fourth-order valence-electron chi connectivity index (χ4n) is 5.56. The zero-order valence-corrected chi connectivity index (χ0v) is 23.5. The van der Waals surface area contributed by atoms with E-state index in [9.17, 15) is 20.1 Å². The van der Waals surface area contributed by atoms with E-state index in [-0.39, 0.29) is 10.9 Å². The van der Waals surface area contributed by atoms with E-state index in [0.717, 1.165) is 0 Å². The number of fused-ring (bicyclic) bond motifs is 2. The van der Waals surface area contributed by atoms with Crippen LogP contribution in [0.25, 0.3) is 0 Å². The molecule has 0 aromatic heterocycles. The molecule has 0 radical (unpaired) electrons. The third-order valence-corrected chi connectivity index (χ3v) is 7.97. The Morgan fingerprint density at radius 1 is 0.463 bits per heavy atom. The van der Waals surface area contributed by atoms with Crippen LogP contribution in [0.15, 0.2) is 154 Å². The molecule has 1 aliphatic rings. The predicted octanol–water partition coefficient (Wildman–Crippen LogP) is 6.89. The molecule has 0 N–H and O–H groups in total. The summed E-state index contributed by atoms with van der Waals surface area (Å²) in [6, 6.07) is 46.3. The van der Waals surface area contributed by atoms with Crippen molar-refractivity contribution in [3.63, 3.8) is 0 Å². The Hall–Kier alpha value is -5.10. The first-order valence-corrected chi connectivity index (χ1v) is 13.7. The topological polar surface area (TPSA) is 81.7 Å². The Kier molecular flexibility index (Phi) is 7.74. The molecule has 1 aliphatic carbocycles. The summed E-state index contributed by atoms with van der Waals surface area (Å²) in [5, 5.41) is 21.7. The standard InChI is InChI=1S/C30H17BrN2O2.C6H6/c31-26-17-20(9-8-16-28(26)35)29(18-32)21-10-4-6-12-23(21)30(19-33,24-13-7-5-11-22(24)29)25-14-2-1-3-15-27(25)34;1-2-4-6-5-3-1/h1-17H;1-6H. The van der Waals surface area contributed by atoms with Crippen molar-refractivity contribution in [1.82, 2.24) is 0 Å². The van der Waals surface area contributed by atoms with E-state index in [1.54, 1.807) is 42.5 Å². The van der Waals surface area contributed by atoms with Crippen molar-refractivity contribution in [3.8, 4) is 12.1 Å². The van der Waals surface area contributed by atoms with Crippen molar-refractivity contribution in [2.75, 3.05) is 0 Å². The Labute approximate surface area is 246 Å². The van der Waals surface area contributed by atoms with E-state index in [0.29, 0.717) is 37.9 Å². The monoisotopic (exact) mass is 594 g/mol. The van der Waals surface area contributed by atoms with Gasteiger partial charge in [0.15, 0.2) is 10.9 Å². The van der Waals surface area contributed by atoms with Gasteiger partial charge in [-0.15, -0.1) is 0 Å². The fraction of sp³-hybridized carbons (Fsp3) is 0.0556. The molecule has 0 saturated carbocycles. The third kappa shape index (κ3) is 4.57. The van der Waals surface area contributed by atoms with Crippen LogP contribution in [0.5, 0.6) is 0 Å². The van der Waals surface area contributed by atoms with Gasteiger partial charge < -0.3 is 0 Å². The first kappa shape index (κ1) is 27.5. The second-order valence-electron chi connectivity index (χ2n) is 9.50. The van der Waals surface area contributed by atoms with Gasteiger partial charge in [-0.2, -0.15) is 10.5 Å². The minimum absolute atomic E-state index is 0.208. The molecule has 41 heavy (non-hydrogen) atoms. The Morgan fingerprint density at radius 3 is 1.37 bits per heavy atom. The second-order valence-corrected chi connectivity index (χ2v) is 10.4. The zero-order valence-electron chi connectivity index (χ0n) is 21.9. The van der Waals surface area contributed by atoms with Gasteiger partial charge in [0, 0.05) is 5.56 Å². The van der Waals surface area contributed by atoms with Crippen LogP contribution in [-0.2, 0) is 10.8 Å². The summed E-state index contributed by atoms with van der Waals surface area (Å²) in [5.74, 6) is 0. The average molecular weight is 595 g/mol. The maximum atomic E-state index is 13.3. The van der Waals surface area contributed by atoms with E-state index in [1.165, 1.54) is 12.1 Å². The van der Waals surface area contributed by atoms with E-state index < -0.39 is 10.8 Å². The summed E-state index contributed by atoms with van der Waals surface area (Å²) in [5.41, 5.74) is 0.00421. The summed E-state index contributed by atoms with van der Waals surface area (Å²) in [7, 11) is 0. The second kappa shape index (κ2) is 11.6. The lowest BCUT2D eigenvalue weighted by molar-refractivity contribution is 0.656. The summed E-state index contributed by atoms with van der Waals surface area (Å²) in [6.07, 6.45) is 0. The molecule has 0 unspecified atom stereocenters. The van der Waals surface area contributed by atoms with Crippen LogP contribution in [0.3, 0.4) is 0 Å². The molecule has 6 rings (SSSR count). The van der Waals surface area contributed by atoms with Gasteiger partial charge >= 0.3 is 0 Å². The summed E-state index contributed by atoms with van der Waals surface area (Å²) in [6.45, 7) is 0. The van der Waals surface area contributed by atoms with E-state index in [4.69, 9.17) is 0 Å². The SMILES string of the molecule is N#CC1(c2cccc(=O)c(Br)c2)c2ccccc2C(C#N)(c2cccccc2=O)c2ccccc21.c1ccccc1. The molecule has 0 spiro atoms. The van der Waals surface area contributed by atoms with Crippen molar-refractivity contribution in [2.45, 2.75) is 10.8 Å². The number of halogens is 1. The van der Waals surface area contributed by atoms with Crippen molar-refractivity contribution in [2.24, 2.45) is 0 Å². The van der Waals surface area contributed by atoms with Gasteiger partial charge in [0.05, 0.1) is 16.6 Å². The highest BCUT2D eigenvalue weighted by Gasteiger charge is 2.53. The molecule has 0 atom stereocenters. The number of hydrogen-bond acceptors (Lipinski definition) is 4. The first-order valence-electron chi connectivity index (χ1n) is 12.9. The molecule has 0 amide bonds. The molecular weight excluding hydrogens is 572 g/mol. The largest absolute Gasteiger partial charge is 0.290 e. The first-order chi connectivity index (χ1) is 20.0. The summed E-state index contributed by atoms with van der Waals surface area (Å²) < 4.78 is 0.330. The zero-order chi connectivity index (χ0) is 28.9. The predicted molar refractivity (Wildman–Crippen MR) is 163 cm³/mol. The average Bonchev–Trinajstić information content (AvgIpc) is 3.34. The van der Waals surface area contributed by atoms with Crippen LogP contribution < -0.4 is 10.9 Å². The van der Waals surface area contributed by atoms with Crippen LogP contribution >= 0.6 is 15.9 Å². The molecule has 0 aliphatic heterocycles. The van der Waals surface area contributed by atoms with Gasteiger partial charge in [-0.25, -0.2) is 0 Å². The quantitative estimate of drug-likeness (QED) is 0.223. The lowest BCUT2D eigenvalue weighted by atomic mass is 9.55.